The van der Waals surface area contributed by atoms with E-state index in [1.54, 1.807) is 7.11 Å². The highest BCUT2D eigenvalue weighted by Gasteiger charge is 2.13. The van der Waals surface area contributed by atoms with Crippen molar-refractivity contribution in [3.05, 3.63) is 64.7 Å². The van der Waals surface area contributed by atoms with Gasteiger partial charge in [-0.15, -0.1) is 0 Å². The quantitative estimate of drug-likeness (QED) is 0.679. The number of benzene rings is 2. The van der Waals surface area contributed by atoms with Crippen molar-refractivity contribution >= 4 is 27.5 Å². The van der Waals surface area contributed by atoms with Crippen molar-refractivity contribution < 1.29 is 9.47 Å². The second kappa shape index (κ2) is 7.67. The number of halogens is 2. The van der Waals surface area contributed by atoms with Gasteiger partial charge in [0.15, 0.2) is 0 Å². The average Bonchev–Trinajstić information content (AvgIpc) is 2.50. The molecule has 0 fully saturated rings. The van der Waals surface area contributed by atoms with E-state index in [0.29, 0.717) is 11.9 Å². The van der Waals surface area contributed by atoms with Crippen LogP contribution in [0, 0.1) is 0 Å². The minimum Gasteiger partial charge on any atom is -0.497 e. The number of hydrogen-bond acceptors (Lipinski definition) is 2. The smallest absolute Gasteiger partial charge is 0.118 e. The van der Waals surface area contributed by atoms with Crippen LogP contribution in [0.3, 0.4) is 0 Å². The summed E-state index contributed by atoms with van der Waals surface area (Å²) in [6.07, 6.45) is -0.0641. The van der Waals surface area contributed by atoms with Crippen molar-refractivity contribution in [1.29, 1.82) is 0 Å². The summed E-state index contributed by atoms with van der Waals surface area (Å²) in [7, 11) is 1.66. The fraction of sp³-hybridized carbons (Fsp3) is 0.250. The van der Waals surface area contributed by atoms with Gasteiger partial charge in [0, 0.05) is 15.9 Å². The van der Waals surface area contributed by atoms with E-state index in [1.807, 2.05) is 48.5 Å². The highest BCUT2D eigenvalue weighted by Crippen LogP contribution is 2.28. The molecule has 0 bridgehead atoms. The van der Waals surface area contributed by atoms with Crippen molar-refractivity contribution in [2.45, 2.75) is 12.7 Å². The van der Waals surface area contributed by atoms with Gasteiger partial charge >= 0.3 is 0 Å². The van der Waals surface area contributed by atoms with Crippen LogP contribution in [0.1, 0.15) is 17.2 Å². The van der Waals surface area contributed by atoms with Gasteiger partial charge in [0.1, 0.15) is 5.75 Å². The molecule has 1 unspecified atom stereocenters. The number of hydrogen-bond donors (Lipinski definition) is 0. The third-order valence-electron chi connectivity index (χ3n) is 3.00. The second-order valence-electron chi connectivity index (χ2n) is 4.32. The molecule has 1 atom stereocenters. The largest absolute Gasteiger partial charge is 0.497 e. The van der Waals surface area contributed by atoms with Crippen LogP contribution in [0.25, 0.3) is 0 Å². The first-order chi connectivity index (χ1) is 9.74. The van der Waals surface area contributed by atoms with E-state index in [0.717, 1.165) is 21.9 Å². The Balaban J connectivity index is 2.02. The van der Waals surface area contributed by atoms with Crippen molar-refractivity contribution in [2.24, 2.45) is 0 Å². The summed E-state index contributed by atoms with van der Waals surface area (Å²) in [5.74, 6) is 0.844. The molecule has 0 aromatic heterocycles. The number of alkyl halides is 1. The van der Waals surface area contributed by atoms with Gasteiger partial charge < -0.3 is 9.47 Å². The highest BCUT2D eigenvalue weighted by molar-refractivity contribution is 9.09. The molecule has 2 aromatic rings. The van der Waals surface area contributed by atoms with Crippen LogP contribution in [0.4, 0.5) is 0 Å². The van der Waals surface area contributed by atoms with Crippen molar-refractivity contribution in [3.8, 4) is 5.75 Å². The monoisotopic (exact) mass is 354 g/mol. The van der Waals surface area contributed by atoms with Crippen LogP contribution in [0.2, 0.25) is 5.02 Å². The lowest BCUT2D eigenvalue weighted by molar-refractivity contribution is 0.0566. The first-order valence-electron chi connectivity index (χ1n) is 6.29. The standard InChI is InChI=1S/C16H16BrClO2/c1-19-13-8-6-12(7-9-13)11-20-16(10-17)14-4-2-3-5-15(14)18/h2-9,16H,10-11H2,1H3. The molecule has 0 aliphatic rings. The molecule has 0 amide bonds. The van der Waals surface area contributed by atoms with Crippen LogP contribution in [0.15, 0.2) is 48.5 Å². The lowest BCUT2D eigenvalue weighted by atomic mass is 10.1. The maximum Gasteiger partial charge on any atom is 0.118 e. The molecule has 0 saturated heterocycles. The Bertz CT molecular complexity index is 542. The Morgan fingerprint density at radius 1 is 1.10 bits per heavy atom. The molecule has 0 aliphatic carbocycles. The van der Waals surface area contributed by atoms with E-state index >= 15 is 0 Å². The van der Waals surface area contributed by atoms with E-state index in [2.05, 4.69) is 15.9 Å². The predicted molar refractivity (Wildman–Crippen MR) is 85.8 cm³/mol. The van der Waals surface area contributed by atoms with Crippen molar-refractivity contribution in [3.63, 3.8) is 0 Å². The van der Waals surface area contributed by atoms with Gasteiger partial charge in [-0.2, -0.15) is 0 Å². The average molecular weight is 356 g/mol. The summed E-state index contributed by atoms with van der Waals surface area (Å²) in [6, 6.07) is 15.6. The second-order valence-corrected chi connectivity index (χ2v) is 5.38. The molecule has 0 saturated carbocycles. The summed E-state index contributed by atoms with van der Waals surface area (Å²) in [5.41, 5.74) is 2.10. The van der Waals surface area contributed by atoms with Gasteiger partial charge in [0.05, 0.1) is 19.8 Å². The molecule has 0 N–H and O–H groups in total. The van der Waals surface area contributed by atoms with Crippen LogP contribution >= 0.6 is 27.5 Å². The number of rotatable bonds is 6. The van der Waals surface area contributed by atoms with E-state index in [1.165, 1.54) is 0 Å². The Kier molecular flexibility index (Phi) is 5.89. The van der Waals surface area contributed by atoms with E-state index in [9.17, 15) is 0 Å². The summed E-state index contributed by atoms with van der Waals surface area (Å²) in [4.78, 5) is 0. The lowest BCUT2D eigenvalue weighted by Crippen LogP contribution is -2.06. The highest BCUT2D eigenvalue weighted by atomic mass is 79.9. The molecule has 0 spiro atoms. The number of ether oxygens (including phenoxy) is 2. The molecule has 0 heterocycles. The first kappa shape index (κ1) is 15.4. The Hall–Kier alpha value is -1.03. The van der Waals surface area contributed by atoms with Crippen molar-refractivity contribution in [2.75, 3.05) is 12.4 Å². The SMILES string of the molecule is COc1ccc(COC(CBr)c2ccccc2Cl)cc1. The normalized spacial score (nSPS) is 12.2. The van der Waals surface area contributed by atoms with Crippen LogP contribution in [0.5, 0.6) is 5.75 Å². The van der Waals surface area contributed by atoms with Gasteiger partial charge in [-0.1, -0.05) is 57.9 Å². The van der Waals surface area contributed by atoms with Gasteiger partial charge in [0.2, 0.25) is 0 Å². The van der Waals surface area contributed by atoms with Crippen LogP contribution in [-0.2, 0) is 11.3 Å². The van der Waals surface area contributed by atoms with Gasteiger partial charge in [-0.25, -0.2) is 0 Å². The topological polar surface area (TPSA) is 18.5 Å². The summed E-state index contributed by atoms with van der Waals surface area (Å²) in [5, 5.41) is 1.43. The minimum absolute atomic E-state index is 0.0641. The van der Waals surface area contributed by atoms with E-state index in [4.69, 9.17) is 21.1 Å². The zero-order valence-corrected chi connectivity index (χ0v) is 13.5. The molecule has 2 aromatic carbocycles. The molecule has 106 valence electrons. The van der Waals surface area contributed by atoms with Crippen molar-refractivity contribution in [1.82, 2.24) is 0 Å². The molecular weight excluding hydrogens is 340 g/mol. The zero-order chi connectivity index (χ0) is 14.4. The number of methoxy groups -OCH3 is 1. The van der Waals surface area contributed by atoms with E-state index in [-0.39, 0.29) is 6.10 Å². The molecular formula is C16H16BrClO2. The Morgan fingerprint density at radius 3 is 2.40 bits per heavy atom. The van der Waals surface area contributed by atoms with Gasteiger partial charge in [-0.05, 0) is 23.8 Å². The third kappa shape index (κ3) is 3.98. The molecule has 4 heteroatoms. The van der Waals surface area contributed by atoms with Crippen LogP contribution in [-0.4, -0.2) is 12.4 Å². The summed E-state index contributed by atoms with van der Waals surface area (Å²) < 4.78 is 11.1. The minimum atomic E-state index is -0.0641. The zero-order valence-electron chi connectivity index (χ0n) is 11.2. The lowest BCUT2D eigenvalue weighted by Gasteiger charge is -2.17. The molecule has 2 nitrogen and oxygen atoms in total. The summed E-state index contributed by atoms with van der Waals surface area (Å²) in [6.45, 7) is 0.533. The first-order valence-corrected chi connectivity index (χ1v) is 7.79. The predicted octanol–water partition coefficient (Wildman–Crippen LogP) is 5.00. The third-order valence-corrected chi connectivity index (χ3v) is 3.93. The maximum atomic E-state index is 6.20. The Morgan fingerprint density at radius 2 is 1.80 bits per heavy atom. The fourth-order valence-corrected chi connectivity index (χ4v) is 2.67. The van der Waals surface area contributed by atoms with Gasteiger partial charge in [-0.3, -0.25) is 0 Å². The van der Waals surface area contributed by atoms with Gasteiger partial charge in [0.25, 0.3) is 0 Å². The van der Waals surface area contributed by atoms with E-state index < -0.39 is 0 Å². The maximum absolute atomic E-state index is 6.20. The fourth-order valence-electron chi connectivity index (χ4n) is 1.87. The summed E-state index contributed by atoms with van der Waals surface area (Å²) >= 11 is 9.68. The molecule has 0 radical (unpaired) electrons. The van der Waals surface area contributed by atoms with Crippen LogP contribution < -0.4 is 4.74 Å². The molecule has 20 heavy (non-hydrogen) atoms. The molecule has 2 rings (SSSR count). The Labute approximate surface area is 132 Å². The molecule has 0 aliphatic heterocycles.